The summed E-state index contributed by atoms with van der Waals surface area (Å²) in [5.74, 6) is 0.103. The zero-order valence-corrected chi connectivity index (χ0v) is 16.0. The standard InChI is InChI=1S/C22H27ClO2/c1-21(2,3)19(15-24)14-20(25)22(16-23,17-10-6-4-7-11-17)18-12-8-5-9-13-18/h4-13,19,24H,14-16H2,1-3H3/t19-/m1/s1. The van der Waals surface area contributed by atoms with E-state index in [1.54, 1.807) is 0 Å². The molecule has 2 aromatic rings. The van der Waals surface area contributed by atoms with Gasteiger partial charge in [0, 0.05) is 18.9 Å². The molecule has 1 N–H and O–H groups in total. The van der Waals surface area contributed by atoms with Gasteiger partial charge in [-0.25, -0.2) is 0 Å². The van der Waals surface area contributed by atoms with Crippen LogP contribution < -0.4 is 0 Å². The number of aliphatic hydroxyl groups is 1. The monoisotopic (exact) mass is 358 g/mol. The molecule has 3 heteroatoms. The van der Waals surface area contributed by atoms with Crippen LogP contribution in [0.3, 0.4) is 0 Å². The number of hydrogen-bond acceptors (Lipinski definition) is 2. The molecule has 0 amide bonds. The molecule has 0 heterocycles. The summed E-state index contributed by atoms with van der Waals surface area (Å²) in [6.07, 6.45) is 0.288. The van der Waals surface area contributed by atoms with Gasteiger partial charge in [-0.05, 0) is 22.5 Å². The van der Waals surface area contributed by atoms with Gasteiger partial charge in [0.25, 0.3) is 0 Å². The van der Waals surface area contributed by atoms with Gasteiger partial charge in [0.2, 0.25) is 0 Å². The summed E-state index contributed by atoms with van der Waals surface area (Å²) < 4.78 is 0. The van der Waals surface area contributed by atoms with E-state index >= 15 is 0 Å². The lowest BCUT2D eigenvalue weighted by molar-refractivity contribution is -0.125. The fourth-order valence-electron chi connectivity index (χ4n) is 3.21. The molecule has 2 aromatic carbocycles. The van der Waals surface area contributed by atoms with Crippen LogP contribution in [0, 0.1) is 11.3 Å². The first kappa shape index (κ1) is 19.7. The van der Waals surface area contributed by atoms with E-state index in [0.717, 1.165) is 11.1 Å². The Kier molecular flexibility index (Phi) is 6.42. The molecule has 0 radical (unpaired) electrons. The van der Waals surface area contributed by atoms with Crippen molar-refractivity contribution in [2.75, 3.05) is 12.5 Å². The molecule has 0 unspecified atom stereocenters. The number of carbonyl (C=O) groups excluding carboxylic acids is 1. The molecular weight excluding hydrogens is 332 g/mol. The van der Waals surface area contributed by atoms with Crippen molar-refractivity contribution in [3.63, 3.8) is 0 Å². The number of halogens is 1. The molecule has 0 aromatic heterocycles. The maximum absolute atomic E-state index is 13.5. The molecular formula is C22H27ClO2. The van der Waals surface area contributed by atoms with Crippen LogP contribution >= 0.6 is 11.6 Å². The number of Topliss-reactive ketones (excluding diaryl/α,β-unsaturated/α-hetero) is 1. The van der Waals surface area contributed by atoms with Gasteiger partial charge in [-0.3, -0.25) is 4.79 Å². The lowest BCUT2D eigenvalue weighted by Gasteiger charge is -2.35. The average Bonchev–Trinajstić information content (AvgIpc) is 2.61. The molecule has 0 aliphatic rings. The van der Waals surface area contributed by atoms with E-state index in [1.807, 2.05) is 60.7 Å². The van der Waals surface area contributed by atoms with Gasteiger partial charge in [-0.15, -0.1) is 11.6 Å². The summed E-state index contributed by atoms with van der Waals surface area (Å²) in [5, 5.41) is 9.80. The van der Waals surface area contributed by atoms with Crippen molar-refractivity contribution in [2.45, 2.75) is 32.6 Å². The topological polar surface area (TPSA) is 37.3 Å². The lowest BCUT2D eigenvalue weighted by atomic mass is 9.68. The summed E-state index contributed by atoms with van der Waals surface area (Å²) >= 11 is 6.45. The van der Waals surface area contributed by atoms with Crippen LogP contribution in [-0.2, 0) is 10.2 Å². The molecule has 0 spiro atoms. The maximum atomic E-state index is 13.5. The molecule has 25 heavy (non-hydrogen) atoms. The highest BCUT2D eigenvalue weighted by Gasteiger charge is 2.42. The number of carbonyl (C=O) groups is 1. The second-order valence-electron chi connectivity index (χ2n) is 7.64. The highest BCUT2D eigenvalue weighted by Crippen LogP contribution is 2.39. The van der Waals surface area contributed by atoms with Crippen molar-refractivity contribution in [3.8, 4) is 0 Å². The second-order valence-corrected chi connectivity index (χ2v) is 7.91. The summed E-state index contributed by atoms with van der Waals surface area (Å²) in [4.78, 5) is 13.5. The Hall–Kier alpha value is -1.64. The molecule has 0 aliphatic carbocycles. The van der Waals surface area contributed by atoms with Crippen LogP contribution in [0.5, 0.6) is 0 Å². The highest BCUT2D eigenvalue weighted by molar-refractivity contribution is 6.21. The third-order valence-electron chi connectivity index (χ3n) is 5.09. The minimum Gasteiger partial charge on any atom is -0.396 e. The van der Waals surface area contributed by atoms with Crippen molar-refractivity contribution in [3.05, 3.63) is 71.8 Å². The molecule has 134 valence electrons. The van der Waals surface area contributed by atoms with Crippen LogP contribution in [0.4, 0.5) is 0 Å². The van der Waals surface area contributed by atoms with Crippen molar-refractivity contribution < 1.29 is 9.90 Å². The first-order chi connectivity index (χ1) is 11.9. The van der Waals surface area contributed by atoms with Crippen LogP contribution in [0.25, 0.3) is 0 Å². The van der Waals surface area contributed by atoms with Gasteiger partial charge in [-0.2, -0.15) is 0 Å². The Labute approximate surface area is 155 Å². The third kappa shape index (κ3) is 4.13. The van der Waals surface area contributed by atoms with Gasteiger partial charge in [0.05, 0.1) is 5.41 Å². The van der Waals surface area contributed by atoms with Gasteiger partial charge < -0.3 is 5.11 Å². The number of benzene rings is 2. The first-order valence-electron chi connectivity index (χ1n) is 8.67. The van der Waals surface area contributed by atoms with Crippen molar-refractivity contribution in [1.82, 2.24) is 0 Å². The maximum Gasteiger partial charge on any atom is 0.149 e. The molecule has 0 saturated carbocycles. The Morgan fingerprint density at radius 1 is 0.960 bits per heavy atom. The van der Waals surface area contributed by atoms with E-state index < -0.39 is 5.41 Å². The average molecular weight is 359 g/mol. The zero-order valence-electron chi connectivity index (χ0n) is 15.2. The Morgan fingerprint density at radius 2 is 1.40 bits per heavy atom. The van der Waals surface area contributed by atoms with Gasteiger partial charge in [0.15, 0.2) is 0 Å². The van der Waals surface area contributed by atoms with E-state index in [0.29, 0.717) is 0 Å². The first-order valence-corrected chi connectivity index (χ1v) is 9.21. The SMILES string of the molecule is CC(C)(C)[C@@H](CO)CC(=O)C(CCl)(c1ccccc1)c1ccccc1. The van der Waals surface area contributed by atoms with Crippen LogP contribution in [0.1, 0.15) is 38.3 Å². The number of ketones is 1. The van der Waals surface area contributed by atoms with Crippen LogP contribution in [0.2, 0.25) is 0 Å². The molecule has 1 atom stereocenters. The summed E-state index contributed by atoms with van der Waals surface area (Å²) in [6.45, 7) is 6.13. The van der Waals surface area contributed by atoms with E-state index in [9.17, 15) is 9.90 Å². The molecule has 0 saturated heterocycles. The predicted octanol–water partition coefficient (Wildman–Crippen LogP) is 4.83. The quantitative estimate of drug-likeness (QED) is 0.720. The Balaban J connectivity index is 2.54. The van der Waals surface area contributed by atoms with E-state index in [1.165, 1.54) is 0 Å². The fourth-order valence-corrected chi connectivity index (χ4v) is 3.66. The second kappa shape index (κ2) is 8.16. The van der Waals surface area contributed by atoms with E-state index in [2.05, 4.69) is 20.8 Å². The molecule has 0 fully saturated rings. The van der Waals surface area contributed by atoms with Crippen molar-refractivity contribution >= 4 is 17.4 Å². The minimum atomic E-state index is -0.900. The normalized spacial score (nSPS) is 13.5. The Bertz CT molecular complexity index is 635. The summed E-state index contributed by atoms with van der Waals surface area (Å²) in [6, 6.07) is 19.4. The number of aliphatic hydroxyl groups excluding tert-OH is 1. The highest BCUT2D eigenvalue weighted by atomic mass is 35.5. The van der Waals surface area contributed by atoms with Crippen molar-refractivity contribution in [1.29, 1.82) is 0 Å². The molecule has 0 aliphatic heterocycles. The smallest absolute Gasteiger partial charge is 0.149 e. The van der Waals surface area contributed by atoms with Crippen LogP contribution in [0.15, 0.2) is 60.7 Å². The van der Waals surface area contributed by atoms with E-state index in [-0.39, 0.29) is 36.0 Å². The summed E-state index contributed by atoms with van der Waals surface area (Å²) in [7, 11) is 0. The molecule has 2 nitrogen and oxygen atoms in total. The predicted molar refractivity (Wildman–Crippen MR) is 104 cm³/mol. The minimum absolute atomic E-state index is 0.0167. The Morgan fingerprint density at radius 3 is 1.72 bits per heavy atom. The largest absolute Gasteiger partial charge is 0.396 e. The summed E-state index contributed by atoms with van der Waals surface area (Å²) in [5.41, 5.74) is 0.733. The van der Waals surface area contributed by atoms with Crippen molar-refractivity contribution in [2.24, 2.45) is 11.3 Å². The third-order valence-corrected chi connectivity index (χ3v) is 5.49. The fraction of sp³-hybridized carbons (Fsp3) is 0.409. The van der Waals surface area contributed by atoms with Gasteiger partial charge in [0.1, 0.15) is 5.78 Å². The number of alkyl halides is 1. The number of rotatable bonds is 7. The van der Waals surface area contributed by atoms with Gasteiger partial charge in [-0.1, -0.05) is 81.4 Å². The zero-order chi connectivity index (χ0) is 18.5. The van der Waals surface area contributed by atoms with Crippen LogP contribution in [-0.4, -0.2) is 23.4 Å². The van der Waals surface area contributed by atoms with Gasteiger partial charge >= 0.3 is 0 Å². The lowest BCUT2D eigenvalue weighted by Crippen LogP contribution is -2.42. The molecule has 0 bridgehead atoms. The number of hydrogen-bond donors (Lipinski definition) is 1. The molecule has 2 rings (SSSR count). The van der Waals surface area contributed by atoms with E-state index in [4.69, 9.17) is 11.6 Å².